The van der Waals surface area contributed by atoms with Gasteiger partial charge in [0.25, 0.3) is 5.56 Å². The summed E-state index contributed by atoms with van der Waals surface area (Å²) >= 11 is 0. The van der Waals surface area contributed by atoms with Crippen LogP contribution < -0.4 is 10.3 Å². The number of aromatic amines is 1. The number of H-pyrrole nitrogens is 1. The number of benzene rings is 1. The molecule has 1 aromatic carbocycles. The zero-order valence-electron chi connectivity index (χ0n) is 13.5. The summed E-state index contributed by atoms with van der Waals surface area (Å²) in [4.78, 5) is 15.1. The minimum Gasteiger partial charge on any atom is -0.491 e. The van der Waals surface area contributed by atoms with Gasteiger partial charge in [-0.15, -0.1) is 0 Å². The second kappa shape index (κ2) is 6.29. The lowest BCUT2D eigenvalue weighted by Crippen LogP contribution is -2.20. The van der Waals surface area contributed by atoms with Crippen molar-refractivity contribution < 1.29 is 4.74 Å². The maximum Gasteiger partial charge on any atom is 0.266 e. The molecule has 0 atom stereocenters. The van der Waals surface area contributed by atoms with E-state index in [1.807, 2.05) is 38.1 Å². The van der Waals surface area contributed by atoms with Gasteiger partial charge in [-0.2, -0.15) is 5.26 Å². The van der Waals surface area contributed by atoms with Crippen LogP contribution in [0.15, 0.2) is 29.1 Å². The Kier molecular flexibility index (Phi) is 4.20. The zero-order valence-corrected chi connectivity index (χ0v) is 13.5. The molecule has 4 heteroatoms. The minimum atomic E-state index is -0.286. The first-order valence-electron chi connectivity index (χ1n) is 8.05. The van der Waals surface area contributed by atoms with E-state index in [1.165, 1.54) is 0 Å². The van der Waals surface area contributed by atoms with E-state index in [9.17, 15) is 10.1 Å². The molecule has 0 radical (unpaired) electrons. The summed E-state index contributed by atoms with van der Waals surface area (Å²) in [6.07, 6.45) is 3.96. The number of aromatic nitrogens is 1. The van der Waals surface area contributed by atoms with Gasteiger partial charge >= 0.3 is 0 Å². The van der Waals surface area contributed by atoms with E-state index in [4.69, 9.17) is 4.74 Å². The molecule has 0 amide bonds. The van der Waals surface area contributed by atoms with Crippen LogP contribution in [0.25, 0.3) is 11.3 Å². The van der Waals surface area contributed by atoms with Crippen molar-refractivity contribution in [3.05, 3.63) is 51.3 Å². The van der Waals surface area contributed by atoms with Crippen LogP contribution in [-0.2, 0) is 12.8 Å². The molecule has 1 heterocycles. The van der Waals surface area contributed by atoms with Crippen molar-refractivity contribution in [2.45, 2.75) is 45.6 Å². The highest BCUT2D eigenvalue weighted by Crippen LogP contribution is 2.31. The molecule has 3 rings (SSSR count). The second-order valence-corrected chi connectivity index (χ2v) is 6.17. The minimum absolute atomic E-state index is 0.128. The molecular formula is C19H20N2O2. The molecule has 23 heavy (non-hydrogen) atoms. The van der Waals surface area contributed by atoms with Gasteiger partial charge in [0.15, 0.2) is 0 Å². The molecule has 1 aromatic heterocycles. The van der Waals surface area contributed by atoms with E-state index in [0.29, 0.717) is 0 Å². The fourth-order valence-electron chi connectivity index (χ4n) is 3.18. The fourth-order valence-corrected chi connectivity index (χ4v) is 3.18. The maximum atomic E-state index is 12.2. The number of nitriles is 1. The molecule has 118 valence electrons. The second-order valence-electron chi connectivity index (χ2n) is 6.17. The average molecular weight is 308 g/mol. The van der Waals surface area contributed by atoms with Crippen molar-refractivity contribution in [2.75, 3.05) is 0 Å². The summed E-state index contributed by atoms with van der Waals surface area (Å²) in [5.41, 5.74) is 3.85. The van der Waals surface area contributed by atoms with Crippen molar-refractivity contribution in [1.29, 1.82) is 5.26 Å². The molecule has 0 saturated carbocycles. The zero-order chi connectivity index (χ0) is 16.4. The van der Waals surface area contributed by atoms with E-state index in [1.54, 1.807) is 0 Å². The van der Waals surface area contributed by atoms with Crippen molar-refractivity contribution in [1.82, 2.24) is 4.98 Å². The van der Waals surface area contributed by atoms with E-state index in [2.05, 4.69) is 11.1 Å². The summed E-state index contributed by atoms with van der Waals surface area (Å²) in [6, 6.07) is 9.83. The number of hydrogen-bond donors (Lipinski definition) is 1. The molecule has 4 nitrogen and oxygen atoms in total. The maximum absolute atomic E-state index is 12.2. The van der Waals surface area contributed by atoms with Crippen LogP contribution in [0.3, 0.4) is 0 Å². The summed E-state index contributed by atoms with van der Waals surface area (Å²) in [6.45, 7) is 3.98. The molecule has 0 bridgehead atoms. The molecule has 1 aliphatic carbocycles. The van der Waals surface area contributed by atoms with Gasteiger partial charge in [-0.3, -0.25) is 4.79 Å². The molecule has 0 spiro atoms. The normalized spacial score (nSPS) is 13.5. The van der Waals surface area contributed by atoms with Crippen LogP contribution in [0.1, 0.15) is 43.4 Å². The lowest BCUT2D eigenvalue weighted by Gasteiger charge is -2.20. The Balaban J connectivity index is 2.08. The number of hydrogen-bond acceptors (Lipinski definition) is 3. The van der Waals surface area contributed by atoms with Crippen LogP contribution in [0, 0.1) is 11.3 Å². The van der Waals surface area contributed by atoms with Crippen molar-refractivity contribution in [3.8, 4) is 23.1 Å². The first kappa shape index (κ1) is 15.4. The number of nitrogens with one attached hydrogen (secondary N) is 1. The lowest BCUT2D eigenvalue weighted by atomic mass is 9.86. The van der Waals surface area contributed by atoms with Crippen LogP contribution in [0.5, 0.6) is 5.75 Å². The first-order valence-corrected chi connectivity index (χ1v) is 8.05. The van der Waals surface area contributed by atoms with Crippen molar-refractivity contribution in [3.63, 3.8) is 0 Å². The Hall–Kier alpha value is -2.54. The number of nitrogens with zero attached hydrogens (tertiary/aromatic N) is 1. The van der Waals surface area contributed by atoms with E-state index >= 15 is 0 Å². The molecular weight excluding hydrogens is 288 g/mol. The summed E-state index contributed by atoms with van der Waals surface area (Å²) in [5, 5.41) is 9.27. The van der Waals surface area contributed by atoms with Crippen LogP contribution >= 0.6 is 0 Å². The smallest absolute Gasteiger partial charge is 0.266 e. The third kappa shape index (κ3) is 3.00. The molecule has 2 aromatic rings. The highest BCUT2D eigenvalue weighted by Gasteiger charge is 2.21. The average Bonchev–Trinajstić information content (AvgIpc) is 2.54. The van der Waals surface area contributed by atoms with Crippen LogP contribution in [0.4, 0.5) is 0 Å². The lowest BCUT2D eigenvalue weighted by molar-refractivity contribution is 0.242. The van der Waals surface area contributed by atoms with Gasteiger partial charge in [0.2, 0.25) is 0 Å². The van der Waals surface area contributed by atoms with Crippen molar-refractivity contribution >= 4 is 0 Å². The Morgan fingerprint density at radius 3 is 2.39 bits per heavy atom. The van der Waals surface area contributed by atoms with Crippen LogP contribution in [0.2, 0.25) is 0 Å². The predicted octanol–water partition coefficient (Wildman–Crippen LogP) is 3.58. The van der Waals surface area contributed by atoms with Gasteiger partial charge in [-0.25, -0.2) is 0 Å². The molecule has 0 unspecified atom stereocenters. The largest absolute Gasteiger partial charge is 0.491 e. The summed E-state index contributed by atoms with van der Waals surface area (Å²) in [7, 11) is 0. The number of rotatable bonds is 3. The standard InChI is InChI=1S/C19H20N2O2/c1-12(2)23-14-9-7-13(8-10-14)18-16-6-4-3-5-15(16)17(11-20)19(22)21-18/h7-10,12H,3-6H2,1-2H3,(H,21,22). The monoisotopic (exact) mass is 308 g/mol. The predicted molar refractivity (Wildman–Crippen MR) is 89.6 cm³/mol. The van der Waals surface area contributed by atoms with E-state index in [0.717, 1.165) is 53.8 Å². The molecule has 0 fully saturated rings. The Bertz CT molecular complexity index is 811. The Labute approximate surface area is 135 Å². The van der Waals surface area contributed by atoms with Gasteiger partial charge in [0.05, 0.1) is 11.8 Å². The molecule has 1 N–H and O–H groups in total. The fraction of sp³-hybridized carbons (Fsp3) is 0.368. The summed E-state index contributed by atoms with van der Waals surface area (Å²) in [5.74, 6) is 0.814. The molecule has 1 aliphatic rings. The van der Waals surface area contributed by atoms with Gasteiger partial charge in [0.1, 0.15) is 17.4 Å². The third-order valence-electron chi connectivity index (χ3n) is 4.16. The number of pyridine rings is 1. The third-order valence-corrected chi connectivity index (χ3v) is 4.16. The van der Waals surface area contributed by atoms with Gasteiger partial charge in [-0.1, -0.05) is 0 Å². The van der Waals surface area contributed by atoms with Gasteiger partial charge in [-0.05, 0) is 80.5 Å². The highest BCUT2D eigenvalue weighted by molar-refractivity contribution is 5.67. The van der Waals surface area contributed by atoms with Crippen molar-refractivity contribution in [2.24, 2.45) is 0 Å². The molecule has 0 saturated heterocycles. The topological polar surface area (TPSA) is 65.9 Å². The molecule has 0 aliphatic heterocycles. The van der Waals surface area contributed by atoms with Gasteiger partial charge in [0, 0.05) is 0 Å². The van der Waals surface area contributed by atoms with E-state index in [-0.39, 0.29) is 17.2 Å². The van der Waals surface area contributed by atoms with Gasteiger partial charge < -0.3 is 9.72 Å². The Morgan fingerprint density at radius 1 is 1.13 bits per heavy atom. The Morgan fingerprint density at radius 2 is 1.78 bits per heavy atom. The summed E-state index contributed by atoms with van der Waals surface area (Å²) < 4.78 is 5.66. The highest BCUT2D eigenvalue weighted by atomic mass is 16.5. The quantitative estimate of drug-likeness (QED) is 0.942. The first-order chi connectivity index (χ1) is 11.1. The number of ether oxygens (including phenoxy) is 1. The number of fused-ring (bicyclic) bond motifs is 1. The van der Waals surface area contributed by atoms with E-state index < -0.39 is 0 Å². The van der Waals surface area contributed by atoms with Crippen LogP contribution in [-0.4, -0.2) is 11.1 Å². The SMILES string of the molecule is CC(C)Oc1ccc(-c2[nH]c(=O)c(C#N)c3c2CCCC3)cc1.